The molecule has 2 aromatic carbocycles. The Labute approximate surface area is 164 Å². The number of sulfonamides is 1. The Bertz CT molecular complexity index is 1050. The third-order valence-electron chi connectivity index (χ3n) is 3.41. The Balaban J connectivity index is 1.80. The molecule has 3 rings (SSSR count). The van der Waals surface area contributed by atoms with Gasteiger partial charge in [0.2, 0.25) is 0 Å². The van der Waals surface area contributed by atoms with Crippen molar-refractivity contribution in [1.82, 2.24) is 9.78 Å². The molecule has 1 N–H and O–H groups in total. The average Bonchev–Trinajstić information content (AvgIpc) is 2.99. The van der Waals surface area contributed by atoms with Crippen molar-refractivity contribution in [3.05, 3.63) is 75.2 Å². The largest absolute Gasteiger partial charge is 0.276 e. The molecule has 0 atom stereocenters. The summed E-state index contributed by atoms with van der Waals surface area (Å²) in [5.41, 5.74) is 1.06. The molecule has 0 radical (unpaired) electrons. The fourth-order valence-electron chi connectivity index (χ4n) is 2.20. The number of anilines is 1. The highest BCUT2D eigenvalue weighted by molar-refractivity contribution is 7.92. The van der Waals surface area contributed by atoms with Crippen LogP contribution in [0.25, 0.3) is 0 Å². The van der Waals surface area contributed by atoms with Gasteiger partial charge in [0.25, 0.3) is 10.0 Å². The zero-order valence-electron chi connectivity index (χ0n) is 13.0. The molecular weight excluding hydrogens is 424 g/mol. The van der Waals surface area contributed by atoms with E-state index in [1.165, 1.54) is 41.3 Å². The molecule has 0 aliphatic heterocycles. The van der Waals surface area contributed by atoms with E-state index in [1.807, 2.05) is 0 Å². The third kappa shape index (κ3) is 4.29. The number of hydrogen-bond acceptors (Lipinski definition) is 3. The first-order valence-electron chi connectivity index (χ1n) is 7.19. The van der Waals surface area contributed by atoms with E-state index >= 15 is 0 Å². The van der Waals surface area contributed by atoms with Crippen LogP contribution in [0.5, 0.6) is 0 Å². The van der Waals surface area contributed by atoms with Gasteiger partial charge in [0.05, 0.1) is 33.5 Å². The molecule has 0 saturated carbocycles. The van der Waals surface area contributed by atoms with Gasteiger partial charge in [-0.3, -0.25) is 9.40 Å². The van der Waals surface area contributed by atoms with Crippen LogP contribution in [0.4, 0.5) is 10.1 Å². The molecule has 0 bridgehead atoms. The number of aromatic nitrogens is 2. The maximum atomic E-state index is 12.9. The van der Waals surface area contributed by atoms with Crippen LogP contribution in [0.2, 0.25) is 15.1 Å². The highest BCUT2D eigenvalue weighted by atomic mass is 35.5. The number of nitrogens with one attached hydrogen (secondary N) is 1. The van der Waals surface area contributed by atoms with Crippen molar-refractivity contribution in [2.45, 2.75) is 11.4 Å². The van der Waals surface area contributed by atoms with Crippen molar-refractivity contribution in [1.29, 1.82) is 0 Å². The normalized spacial score (nSPS) is 11.5. The number of rotatable bonds is 5. The second kappa shape index (κ2) is 7.44. The fourth-order valence-corrected chi connectivity index (χ4v) is 4.23. The minimum atomic E-state index is -3.98. The van der Waals surface area contributed by atoms with Crippen LogP contribution in [0.3, 0.4) is 0 Å². The van der Waals surface area contributed by atoms with Crippen LogP contribution < -0.4 is 4.72 Å². The van der Waals surface area contributed by atoms with Crippen molar-refractivity contribution in [3.63, 3.8) is 0 Å². The Kier molecular flexibility index (Phi) is 5.43. The van der Waals surface area contributed by atoms with E-state index in [-0.39, 0.29) is 31.5 Å². The molecule has 0 fully saturated rings. The zero-order valence-corrected chi connectivity index (χ0v) is 16.0. The minimum absolute atomic E-state index is 0.0504. The van der Waals surface area contributed by atoms with Crippen molar-refractivity contribution >= 4 is 50.5 Å². The molecule has 5 nitrogen and oxygen atoms in total. The standard InChI is InChI=1S/C16H11Cl3FN3O2S/c17-13-5-15(19)16(6-14(13)18)26(24,25)22-12-7-21-23(9-12)8-10-1-3-11(20)4-2-10/h1-7,9,22H,8H2. The van der Waals surface area contributed by atoms with Crippen LogP contribution in [0.15, 0.2) is 53.7 Å². The van der Waals surface area contributed by atoms with Gasteiger partial charge in [0, 0.05) is 6.20 Å². The minimum Gasteiger partial charge on any atom is -0.276 e. The number of benzene rings is 2. The van der Waals surface area contributed by atoms with Crippen molar-refractivity contribution < 1.29 is 12.8 Å². The zero-order chi connectivity index (χ0) is 18.9. The predicted molar refractivity (Wildman–Crippen MR) is 100 cm³/mol. The molecule has 0 aliphatic rings. The average molecular weight is 435 g/mol. The first kappa shape index (κ1) is 19.0. The van der Waals surface area contributed by atoms with E-state index in [2.05, 4.69) is 9.82 Å². The molecular formula is C16H11Cl3FN3O2S. The Hall–Kier alpha value is -1.80. The van der Waals surface area contributed by atoms with E-state index in [9.17, 15) is 12.8 Å². The van der Waals surface area contributed by atoms with Gasteiger partial charge in [0.1, 0.15) is 10.7 Å². The lowest BCUT2D eigenvalue weighted by atomic mass is 10.2. The first-order valence-corrected chi connectivity index (χ1v) is 9.80. The lowest BCUT2D eigenvalue weighted by Crippen LogP contribution is -2.13. The quantitative estimate of drug-likeness (QED) is 0.585. The maximum absolute atomic E-state index is 12.9. The third-order valence-corrected chi connectivity index (χ3v) is 5.98. The monoisotopic (exact) mass is 433 g/mol. The van der Waals surface area contributed by atoms with Gasteiger partial charge in [-0.1, -0.05) is 46.9 Å². The van der Waals surface area contributed by atoms with Crippen LogP contribution >= 0.6 is 34.8 Å². The first-order chi connectivity index (χ1) is 12.2. The molecule has 0 unspecified atom stereocenters. The topological polar surface area (TPSA) is 64.0 Å². The maximum Gasteiger partial charge on any atom is 0.263 e. The molecule has 0 aliphatic carbocycles. The van der Waals surface area contributed by atoms with E-state index in [4.69, 9.17) is 34.8 Å². The molecule has 26 heavy (non-hydrogen) atoms. The summed E-state index contributed by atoms with van der Waals surface area (Å²) in [4.78, 5) is -0.195. The second-order valence-corrected chi connectivity index (χ2v) is 8.23. The van der Waals surface area contributed by atoms with Crippen LogP contribution in [-0.2, 0) is 16.6 Å². The summed E-state index contributed by atoms with van der Waals surface area (Å²) in [5.74, 6) is -0.332. The summed E-state index contributed by atoms with van der Waals surface area (Å²) >= 11 is 17.7. The van der Waals surface area contributed by atoms with E-state index < -0.39 is 10.0 Å². The van der Waals surface area contributed by atoms with Crippen molar-refractivity contribution in [2.75, 3.05) is 4.72 Å². The number of hydrogen-bond donors (Lipinski definition) is 1. The summed E-state index contributed by atoms with van der Waals surface area (Å²) in [7, 11) is -3.98. The molecule has 136 valence electrons. The Morgan fingerprint density at radius 1 is 1.04 bits per heavy atom. The Morgan fingerprint density at radius 2 is 1.69 bits per heavy atom. The lowest BCUT2D eigenvalue weighted by molar-refractivity contribution is 0.601. The lowest BCUT2D eigenvalue weighted by Gasteiger charge is -2.09. The van der Waals surface area contributed by atoms with Crippen LogP contribution in [0.1, 0.15) is 5.56 Å². The van der Waals surface area contributed by atoms with E-state index in [0.29, 0.717) is 6.54 Å². The molecule has 0 amide bonds. The molecule has 10 heteroatoms. The van der Waals surface area contributed by atoms with Gasteiger partial charge < -0.3 is 0 Å². The van der Waals surface area contributed by atoms with Gasteiger partial charge in [-0.15, -0.1) is 0 Å². The summed E-state index contributed by atoms with van der Waals surface area (Å²) in [5, 5.41) is 4.26. The molecule has 1 aromatic heterocycles. The summed E-state index contributed by atoms with van der Waals surface area (Å²) in [6, 6.07) is 8.37. The number of nitrogens with zero attached hydrogens (tertiary/aromatic N) is 2. The van der Waals surface area contributed by atoms with Crippen LogP contribution in [-0.4, -0.2) is 18.2 Å². The number of halogens is 4. The second-order valence-electron chi connectivity index (χ2n) is 5.36. The highest BCUT2D eigenvalue weighted by Crippen LogP contribution is 2.32. The molecule has 3 aromatic rings. The fraction of sp³-hybridized carbons (Fsp3) is 0.0625. The summed E-state index contributed by atoms with van der Waals surface area (Å²) in [6.45, 7) is 0.357. The summed E-state index contributed by atoms with van der Waals surface area (Å²) < 4.78 is 41.9. The highest BCUT2D eigenvalue weighted by Gasteiger charge is 2.20. The molecule has 0 spiro atoms. The van der Waals surface area contributed by atoms with E-state index in [0.717, 1.165) is 5.56 Å². The molecule has 1 heterocycles. The van der Waals surface area contributed by atoms with E-state index in [1.54, 1.807) is 12.1 Å². The smallest absolute Gasteiger partial charge is 0.263 e. The molecule has 0 saturated heterocycles. The van der Waals surface area contributed by atoms with Gasteiger partial charge in [-0.05, 0) is 29.8 Å². The predicted octanol–water partition coefficient (Wildman–Crippen LogP) is 4.83. The Morgan fingerprint density at radius 3 is 2.38 bits per heavy atom. The van der Waals surface area contributed by atoms with Gasteiger partial charge in [-0.2, -0.15) is 5.10 Å². The van der Waals surface area contributed by atoms with Gasteiger partial charge in [-0.25, -0.2) is 12.8 Å². The SMILES string of the molecule is O=S(=O)(Nc1cnn(Cc2ccc(F)cc2)c1)c1cc(Cl)c(Cl)cc1Cl. The van der Waals surface area contributed by atoms with Crippen LogP contribution in [0, 0.1) is 5.82 Å². The van der Waals surface area contributed by atoms with Crippen molar-refractivity contribution in [2.24, 2.45) is 0 Å². The van der Waals surface area contributed by atoms with Crippen molar-refractivity contribution in [3.8, 4) is 0 Å². The summed E-state index contributed by atoms with van der Waals surface area (Å²) in [6.07, 6.45) is 2.86. The van der Waals surface area contributed by atoms with Gasteiger partial charge >= 0.3 is 0 Å². The van der Waals surface area contributed by atoms with Gasteiger partial charge in [0.15, 0.2) is 0 Å².